The number of benzene rings is 5. The molecule has 0 saturated heterocycles. The fourth-order valence-electron chi connectivity index (χ4n) is 7.78. The first-order valence-corrected chi connectivity index (χ1v) is 20.4. The van der Waals surface area contributed by atoms with E-state index in [4.69, 9.17) is 9.72 Å². The van der Waals surface area contributed by atoms with Crippen LogP contribution in [0.1, 0.15) is 111 Å². The number of rotatable bonds is 5. The molecule has 0 fully saturated rings. The standard InChI is InChI=1S/C53H53N5O.Pt/c1-50(2,3)35-23-24-55-48(29-35)58-45-22-19-34(32-54)25-43(45)42-21-20-41(31-47(42)58)59-40-16-13-15-38(30-40)56-33-57(49-44(53(10,11)12)17-14-18-46(49)56)39-27-36(51(4,5)6)26-37(28-39)52(7,8)9;/h13-29H,1-12H3;/q;+2. The molecule has 0 spiro atoms. The monoisotopic (exact) mass is 970 g/mol. The van der Waals surface area contributed by atoms with Crippen molar-refractivity contribution in [3.05, 3.63) is 143 Å². The molecule has 0 aliphatic carbocycles. The Morgan fingerprint density at radius 3 is 1.97 bits per heavy atom. The molecule has 1 aliphatic rings. The van der Waals surface area contributed by atoms with Gasteiger partial charge in [-0.15, -0.1) is 23.6 Å². The summed E-state index contributed by atoms with van der Waals surface area (Å²) in [6.07, 6.45) is 1.86. The molecule has 3 heterocycles. The van der Waals surface area contributed by atoms with Crippen LogP contribution >= 0.6 is 0 Å². The maximum absolute atomic E-state index is 9.77. The van der Waals surface area contributed by atoms with Crippen LogP contribution in [0.3, 0.4) is 0 Å². The van der Waals surface area contributed by atoms with Crippen molar-refractivity contribution >= 4 is 50.6 Å². The average molecular weight is 971 g/mol. The van der Waals surface area contributed by atoms with E-state index < -0.39 is 0 Å². The van der Waals surface area contributed by atoms with Gasteiger partial charge >= 0.3 is 32.8 Å². The third-order valence-corrected chi connectivity index (χ3v) is 11.2. The van der Waals surface area contributed by atoms with E-state index in [0.717, 1.165) is 50.4 Å². The molecule has 0 N–H and O–H groups in total. The van der Waals surface area contributed by atoms with Gasteiger partial charge in [-0.3, -0.25) is 0 Å². The zero-order valence-electron chi connectivity index (χ0n) is 36.8. The van der Waals surface area contributed by atoms with Crippen molar-refractivity contribution in [2.45, 2.75) is 105 Å². The molecular formula is C53H53N5OPt+2. The topological polar surface area (TPSA) is 56.9 Å². The van der Waals surface area contributed by atoms with E-state index in [2.05, 4.69) is 176 Å². The van der Waals surface area contributed by atoms with Gasteiger partial charge in [-0.2, -0.15) is 17.4 Å². The van der Waals surface area contributed by atoms with E-state index in [1.54, 1.807) is 0 Å². The second kappa shape index (κ2) is 15.1. The predicted molar refractivity (Wildman–Crippen MR) is 243 cm³/mol. The number of fused-ring (bicyclic) bond motifs is 4. The summed E-state index contributed by atoms with van der Waals surface area (Å²) in [5, 5.41) is 11.7. The SMILES string of the molecule is CC(C)(C)c1cc([N+]2=C=[N+](c3[c-]c(Oc4[c-]c5c(cc4)c4cc(C#N)ccc4n5-c4cc(C(C)(C)C)ccn4)ccc3)c3cccc(C(C)(C)C)c32)cc(C(C)(C)C)c1.[Pt+2]. The van der Waals surface area contributed by atoms with Gasteiger partial charge in [0.25, 0.3) is 5.69 Å². The minimum atomic E-state index is -0.124. The largest absolute Gasteiger partial charge is 2.00 e. The van der Waals surface area contributed by atoms with E-state index in [1.165, 1.54) is 22.3 Å². The Balaban J connectivity index is 0.00000544. The van der Waals surface area contributed by atoms with Crippen molar-refractivity contribution in [1.82, 2.24) is 18.7 Å². The van der Waals surface area contributed by atoms with Crippen molar-refractivity contribution in [2.24, 2.45) is 0 Å². The molecule has 8 rings (SSSR count). The molecular weight excluding hydrogens is 918 g/mol. The summed E-state index contributed by atoms with van der Waals surface area (Å²) in [7, 11) is 0. The molecule has 60 heavy (non-hydrogen) atoms. The normalized spacial score (nSPS) is 13.1. The molecule has 304 valence electrons. The molecule has 5 aromatic carbocycles. The van der Waals surface area contributed by atoms with Crippen LogP contribution in [0, 0.1) is 23.5 Å². The Labute approximate surface area is 369 Å². The molecule has 0 saturated carbocycles. The number of hydrogen-bond acceptors (Lipinski definition) is 3. The van der Waals surface area contributed by atoms with Crippen molar-refractivity contribution in [1.29, 1.82) is 5.26 Å². The molecule has 1 aliphatic heterocycles. The number of aromatic nitrogens is 2. The zero-order valence-corrected chi connectivity index (χ0v) is 39.0. The fraction of sp³-hybridized carbons (Fsp3) is 0.302. The van der Waals surface area contributed by atoms with Crippen LogP contribution < -0.4 is 13.9 Å². The zero-order chi connectivity index (χ0) is 42.2. The van der Waals surface area contributed by atoms with Crippen molar-refractivity contribution < 1.29 is 25.8 Å². The molecule has 0 atom stereocenters. The van der Waals surface area contributed by atoms with Crippen LogP contribution in [0.15, 0.2) is 103 Å². The summed E-state index contributed by atoms with van der Waals surface area (Å²) in [5.74, 6) is 1.88. The van der Waals surface area contributed by atoms with E-state index in [9.17, 15) is 5.26 Å². The van der Waals surface area contributed by atoms with Gasteiger partial charge in [0.05, 0.1) is 11.6 Å². The Bertz CT molecular complexity index is 2910. The van der Waals surface area contributed by atoms with Gasteiger partial charge in [0, 0.05) is 47.0 Å². The summed E-state index contributed by atoms with van der Waals surface area (Å²) >= 11 is 0. The van der Waals surface area contributed by atoms with Gasteiger partial charge in [-0.05, 0) is 78.6 Å². The number of ether oxygens (including phenoxy) is 1. The minimum Gasteiger partial charge on any atom is -0.509 e. The number of pyridine rings is 1. The maximum Gasteiger partial charge on any atom is 2.00 e. The van der Waals surface area contributed by atoms with E-state index >= 15 is 0 Å². The first kappa shape index (κ1) is 42.5. The van der Waals surface area contributed by atoms with Crippen LogP contribution in [0.4, 0.5) is 22.7 Å². The van der Waals surface area contributed by atoms with Crippen LogP contribution in [0.5, 0.6) is 11.5 Å². The van der Waals surface area contributed by atoms with Crippen molar-refractivity contribution in [3.8, 4) is 23.4 Å². The molecule has 0 radical (unpaired) electrons. The summed E-state index contributed by atoms with van der Waals surface area (Å²) in [5.41, 5.74) is 11.1. The number of nitrogens with zero attached hydrogens (tertiary/aromatic N) is 5. The number of para-hydroxylation sites is 1. The predicted octanol–water partition coefficient (Wildman–Crippen LogP) is 13.5. The third kappa shape index (κ3) is 7.90. The van der Waals surface area contributed by atoms with Crippen LogP contribution in [-0.4, -0.2) is 15.6 Å². The number of nitriles is 1. The van der Waals surface area contributed by atoms with Gasteiger partial charge in [0.2, 0.25) is 5.69 Å². The van der Waals surface area contributed by atoms with E-state index in [1.807, 2.05) is 48.7 Å². The molecule has 7 aromatic rings. The Hall–Kier alpha value is -5.59. The summed E-state index contributed by atoms with van der Waals surface area (Å²) in [6.45, 7) is 27.1. The molecule has 0 amide bonds. The van der Waals surface area contributed by atoms with Gasteiger partial charge in [0.1, 0.15) is 11.5 Å². The van der Waals surface area contributed by atoms with Crippen LogP contribution in [-0.2, 0) is 42.7 Å². The van der Waals surface area contributed by atoms with Gasteiger partial charge in [0.15, 0.2) is 0 Å². The summed E-state index contributed by atoms with van der Waals surface area (Å²) < 4.78 is 13.1. The molecule has 2 aromatic heterocycles. The average Bonchev–Trinajstić information content (AvgIpc) is 3.72. The summed E-state index contributed by atoms with van der Waals surface area (Å²) in [6, 6.07) is 46.7. The second-order valence-electron chi connectivity index (χ2n) is 19.9. The van der Waals surface area contributed by atoms with Gasteiger partial charge in [-0.25, -0.2) is 4.98 Å². The third-order valence-electron chi connectivity index (χ3n) is 11.2. The molecule has 0 unspecified atom stereocenters. The first-order valence-electron chi connectivity index (χ1n) is 20.4. The first-order chi connectivity index (χ1) is 27.7. The Morgan fingerprint density at radius 2 is 1.32 bits per heavy atom. The van der Waals surface area contributed by atoms with Crippen LogP contribution in [0.2, 0.25) is 0 Å². The van der Waals surface area contributed by atoms with Gasteiger partial charge in [-0.1, -0.05) is 124 Å². The second-order valence-corrected chi connectivity index (χ2v) is 19.9. The van der Waals surface area contributed by atoms with Crippen molar-refractivity contribution in [2.75, 3.05) is 0 Å². The number of hydrogen-bond donors (Lipinski definition) is 0. The smallest absolute Gasteiger partial charge is 0.509 e. The molecule has 0 bridgehead atoms. The van der Waals surface area contributed by atoms with Crippen molar-refractivity contribution in [3.63, 3.8) is 0 Å². The van der Waals surface area contributed by atoms with E-state index in [-0.39, 0.29) is 42.7 Å². The quantitative estimate of drug-likeness (QED) is 0.128. The Kier molecular flexibility index (Phi) is 10.7. The molecule has 7 heteroatoms. The summed E-state index contributed by atoms with van der Waals surface area (Å²) in [4.78, 5) is 4.82. The minimum absolute atomic E-state index is 0. The maximum atomic E-state index is 9.77. The van der Waals surface area contributed by atoms with E-state index in [0.29, 0.717) is 17.1 Å². The Morgan fingerprint density at radius 1 is 0.650 bits per heavy atom. The fourth-order valence-corrected chi connectivity index (χ4v) is 7.78. The van der Waals surface area contributed by atoms with Crippen LogP contribution in [0.25, 0.3) is 27.6 Å². The molecule has 6 nitrogen and oxygen atoms in total. The van der Waals surface area contributed by atoms with Gasteiger partial charge < -0.3 is 9.30 Å².